The Kier molecular flexibility index (Phi) is 7.47. The number of hydrogen-bond donors (Lipinski definition) is 0. The van der Waals surface area contributed by atoms with Gasteiger partial charge in [-0.05, 0) is 48.5 Å². The molecule has 4 aromatic rings. The van der Waals surface area contributed by atoms with Gasteiger partial charge in [0.15, 0.2) is 7.26 Å². The molecule has 1 nitrogen and oxygen atoms in total. The van der Waals surface area contributed by atoms with Crippen molar-refractivity contribution >= 4 is 28.9 Å². The van der Waals surface area contributed by atoms with Crippen LogP contribution in [0.4, 0.5) is 5.69 Å². The third-order valence-corrected chi connectivity index (χ3v) is 8.61. The fourth-order valence-corrected chi connectivity index (χ4v) is 6.90. The second kappa shape index (κ2) is 10.3. The fourth-order valence-electron chi connectivity index (χ4n) is 3.46. The first-order chi connectivity index (χ1) is 14.3. The molecule has 0 aromatic heterocycles. The number of halogens is 1. The molecule has 148 valence electrons. The van der Waals surface area contributed by atoms with Gasteiger partial charge < -0.3 is 21.9 Å². The van der Waals surface area contributed by atoms with Gasteiger partial charge in [-0.2, -0.15) is 0 Å². The Morgan fingerprint density at radius 3 is 1.23 bits per heavy atom. The van der Waals surface area contributed by atoms with E-state index in [1.807, 2.05) is 30.1 Å². The summed E-state index contributed by atoms with van der Waals surface area (Å²) in [6.45, 7) is 0. The van der Waals surface area contributed by atoms with Crippen molar-refractivity contribution in [1.29, 1.82) is 0 Å². The molecule has 4 aromatic carbocycles. The van der Waals surface area contributed by atoms with Gasteiger partial charge in [0.2, 0.25) is 0 Å². The predicted molar refractivity (Wildman–Crippen MR) is 128 cm³/mol. The summed E-state index contributed by atoms with van der Waals surface area (Å²) in [6, 6.07) is 45.9. The Labute approximate surface area is 190 Å². The molecule has 0 radical (unpaired) electrons. The summed E-state index contributed by atoms with van der Waals surface area (Å²) in [4.78, 5) is 2.02. The van der Waals surface area contributed by atoms with E-state index in [-0.39, 0.29) is 17.0 Å². The lowest BCUT2D eigenvalue weighted by Crippen LogP contribution is -3.00. The summed E-state index contributed by atoms with van der Waals surface area (Å²) < 4.78 is 0. The summed E-state index contributed by atoms with van der Waals surface area (Å²) in [5, 5.41) is 3.81. The van der Waals surface area contributed by atoms with Gasteiger partial charge in [-0.15, -0.1) is 0 Å². The zero-order valence-electron chi connectivity index (χ0n) is 16.8. The number of benzene rings is 4. The highest BCUT2D eigenvalue weighted by Crippen LogP contribution is 2.54. The number of para-hydroxylation sites is 1. The first-order valence-corrected chi connectivity index (χ1v) is 11.5. The average molecular weight is 472 g/mol. The Morgan fingerprint density at radius 2 is 0.867 bits per heavy atom. The van der Waals surface area contributed by atoms with Crippen molar-refractivity contribution in [3.8, 4) is 11.7 Å². The van der Waals surface area contributed by atoms with Gasteiger partial charge in [0.1, 0.15) is 21.6 Å². The number of rotatable bonds is 4. The van der Waals surface area contributed by atoms with Crippen LogP contribution in [0.3, 0.4) is 0 Å². The summed E-state index contributed by atoms with van der Waals surface area (Å²) in [5.74, 6) is 0. The normalized spacial score (nSPS) is 10.3. The van der Waals surface area contributed by atoms with E-state index in [1.54, 1.807) is 0 Å². The molecule has 0 atom stereocenters. The zero-order chi connectivity index (χ0) is 19.9. The van der Waals surface area contributed by atoms with Gasteiger partial charge >= 0.3 is 0 Å². The molecule has 0 fully saturated rings. The van der Waals surface area contributed by atoms with E-state index in [0.29, 0.717) is 0 Å². The van der Waals surface area contributed by atoms with Crippen molar-refractivity contribution in [1.82, 2.24) is 0 Å². The van der Waals surface area contributed by atoms with Gasteiger partial charge in [-0.1, -0.05) is 72.8 Å². The Hall–Kier alpha value is -2.85. The molecule has 3 heteroatoms. The molecule has 0 heterocycles. The van der Waals surface area contributed by atoms with Crippen molar-refractivity contribution < 1.29 is 17.0 Å². The van der Waals surface area contributed by atoms with Crippen molar-refractivity contribution in [3.05, 3.63) is 121 Å². The lowest BCUT2D eigenvalue weighted by atomic mass is 10.3. The number of nitrogens with zero attached hydrogens (tertiary/aromatic N) is 1. The summed E-state index contributed by atoms with van der Waals surface area (Å²) in [6.07, 6.45) is 0. The SMILES string of the molecule is CN(C#C[P+](c1ccccc1)(c1ccccc1)c1ccccc1)c1ccccc1.[Br-]. The third-order valence-electron chi connectivity index (χ3n) is 4.96. The number of anilines is 1. The van der Waals surface area contributed by atoms with E-state index in [1.165, 1.54) is 15.9 Å². The van der Waals surface area contributed by atoms with E-state index >= 15 is 0 Å². The minimum Gasteiger partial charge on any atom is -1.00 e. The van der Waals surface area contributed by atoms with Gasteiger partial charge in [-0.3, -0.25) is 0 Å². The Bertz CT molecular complexity index is 1010. The highest BCUT2D eigenvalue weighted by molar-refractivity contribution is 7.99. The summed E-state index contributed by atoms with van der Waals surface area (Å²) in [5.41, 5.74) is 4.86. The van der Waals surface area contributed by atoms with Crippen LogP contribution in [-0.2, 0) is 0 Å². The zero-order valence-corrected chi connectivity index (χ0v) is 19.3. The van der Waals surface area contributed by atoms with Crippen molar-refractivity contribution in [2.24, 2.45) is 0 Å². The molecule has 0 N–H and O–H groups in total. The molecule has 0 amide bonds. The molecular weight excluding hydrogens is 449 g/mol. The van der Waals surface area contributed by atoms with Crippen LogP contribution in [0.25, 0.3) is 0 Å². The summed E-state index contributed by atoms with van der Waals surface area (Å²) >= 11 is 0. The van der Waals surface area contributed by atoms with E-state index in [2.05, 4.69) is 115 Å². The Morgan fingerprint density at radius 1 is 0.533 bits per heavy atom. The molecule has 0 aliphatic heterocycles. The second-order valence-corrected chi connectivity index (χ2v) is 9.91. The van der Waals surface area contributed by atoms with Crippen LogP contribution in [0, 0.1) is 11.7 Å². The first-order valence-electron chi connectivity index (χ1n) is 9.68. The van der Waals surface area contributed by atoms with Crippen molar-refractivity contribution in [2.75, 3.05) is 11.9 Å². The van der Waals surface area contributed by atoms with Crippen LogP contribution in [0.15, 0.2) is 121 Å². The highest BCUT2D eigenvalue weighted by Gasteiger charge is 2.45. The molecule has 0 unspecified atom stereocenters. The molecule has 4 rings (SSSR count). The quantitative estimate of drug-likeness (QED) is 0.250. The lowest BCUT2D eigenvalue weighted by molar-refractivity contribution is -0.00000556. The molecule has 0 spiro atoms. The van der Waals surface area contributed by atoms with E-state index in [9.17, 15) is 0 Å². The van der Waals surface area contributed by atoms with Crippen LogP contribution in [0.2, 0.25) is 0 Å². The fraction of sp³-hybridized carbons (Fsp3) is 0.0370. The first kappa shape index (κ1) is 21.8. The van der Waals surface area contributed by atoms with E-state index < -0.39 is 7.26 Å². The molecule has 0 aliphatic carbocycles. The molecule has 0 bridgehead atoms. The highest BCUT2D eigenvalue weighted by atomic mass is 79.9. The Balaban J connectivity index is 0.00000256. The van der Waals surface area contributed by atoms with Crippen molar-refractivity contribution in [2.45, 2.75) is 0 Å². The van der Waals surface area contributed by atoms with Crippen LogP contribution in [0.5, 0.6) is 0 Å². The van der Waals surface area contributed by atoms with Crippen LogP contribution >= 0.6 is 7.26 Å². The molecule has 0 saturated carbocycles. The second-order valence-electron chi connectivity index (χ2n) is 6.80. The smallest absolute Gasteiger partial charge is 0.191 e. The average Bonchev–Trinajstić information content (AvgIpc) is 2.82. The van der Waals surface area contributed by atoms with Crippen molar-refractivity contribution in [3.63, 3.8) is 0 Å². The maximum Gasteiger partial charge on any atom is 0.191 e. The van der Waals surface area contributed by atoms with Gasteiger partial charge in [-0.25, -0.2) is 0 Å². The lowest BCUT2D eigenvalue weighted by Gasteiger charge is -2.21. The minimum atomic E-state index is -2.13. The maximum atomic E-state index is 3.77. The minimum absolute atomic E-state index is 0. The van der Waals surface area contributed by atoms with Crippen LogP contribution in [-0.4, -0.2) is 7.05 Å². The van der Waals surface area contributed by atoms with Crippen LogP contribution < -0.4 is 37.8 Å². The monoisotopic (exact) mass is 471 g/mol. The van der Waals surface area contributed by atoms with Gasteiger partial charge in [0, 0.05) is 12.7 Å². The number of hydrogen-bond acceptors (Lipinski definition) is 1. The summed E-state index contributed by atoms with van der Waals surface area (Å²) in [7, 11) is -0.105. The van der Waals surface area contributed by atoms with Crippen LogP contribution in [0.1, 0.15) is 0 Å². The van der Waals surface area contributed by atoms with Gasteiger partial charge in [0.25, 0.3) is 0 Å². The molecule has 0 aliphatic rings. The van der Waals surface area contributed by atoms with Gasteiger partial charge in [0.05, 0.1) is 6.04 Å². The van der Waals surface area contributed by atoms with E-state index in [4.69, 9.17) is 0 Å². The molecule has 0 saturated heterocycles. The molecular formula is C27H23BrNP. The maximum absolute atomic E-state index is 3.77. The topological polar surface area (TPSA) is 3.24 Å². The standard InChI is InChI=1S/C27H23NP.BrH/c1-28(24-14-6-2-7-15-24)22-23-29(25-16-8-3-9-17-25,26-18-10-4-11-19-26)27-20-12-5-13-21-27;/h2-21H,1H3;1H/q+1;/p-1. The predicted octanol–water partition coefficient (Wildman–Crippen LogP) is 2.04. The largest absolute Gasteiger partial charge is 1.00 e. The van der Waals surface area contributed by atoms with E-state index in [0.717, 1.165) is 5.69 Å². The third kappa shape index (κ3) is 4.49. The molecule has 30 heavy (non-hydrogen) atoms.